The summed E-state index contributed by atoms with van der Waals surface area (Å²) >= 11 is 0. The van der Waals surface area contributed by atoms with E-state index in [4.69, 9.17) is 4.99 Å². The van der Waals surface area contributed by atoms with E-state index in [9.17, 15) is 0 Å². The number of hydrogen-bond donors (Lipinski definition) is 2. The molecule has 0 spiro atoms. The Morgan fingerprint density at radius 2 is 1.77 bits per heavy atom. The van der Waals surface area contributed by atoms with Crippen LogP contribution in [0.1, 0.15) is 57.1 Å². The van der Waals surface area contributed by atoms with Crippen molar-refractivity contribution >= 4 is 29.9 Å². The summed E-state index contributed by atoms with van der Waals surface area (Å²) in [5.41, 5.74) is 2.73. The van der Waals surface area contributed by atoms with E-state index >= 15 is 0 Å². The topological polar surface area (TPSA) is 39.7 Å². The average molecular weight is 470 g/mol. The highest BCUT2D eigenvalue weighted by molar-refractivity contribution is 14.0. The van der Waals surface area contributed by atoms with Crippen molar-refractivity contribution in [1.29, 1.82) is 0 Å². The molecule has 0 aromatic heterocycles. The largest absolute Gasteiger partial charge is 0.357 e. The Labute approximate surface area is 176 Å². The molecule has 2 bridgehead atoms. The fraction of sp³-hybridized carbons (Fsp3) is 0.667. The SMILES string of the molecule is CCNC(=NCc1ccccc1CC)NC1CC2CCCC(C1)N2C.I. The van der Waals surface area contributed by atoms with Crippen LogP contribution >= 0.6 is 24.0 Å². The van der Waals surface area contributed by atoms with Gasteiger partial charge >= 0.3 is 0 Å². The zero-order valence-electron chi connectivity index (χ0n) is 16.5. The van der Waals surface area contributed by atoms with Gasteiger partial charge in [0.1, 0.15) is 0 Å². The van der Waals surface area contributed by atoms with Crippen molar-refractivity contribution in [3.05, 3.63) is 35.4 Å². The molecule has 5 heteroatoms. The standard InChI is InChI=1S/C21H34N4.HI/c1-4-16-9-6-7-10-17(16)15-23-21(22-5-2)24-18-13-19-11-8-12-20(14-18)25(19)3;/h6-7,9-10,18-20H,4-5,8,11-15H2,1-3H3,(H2,22,23,24);1H. The molecule has 2 saturated heterocycles. The Bertz CT molecular complexity index is 575. The van der Waals surface area contributed by atoms with Crippen LogP contribution in [-0.4, -0.2) is 42.6 Å². The quantitative estimate of drug-likeness (QED) is 0.389. The smallest absolute Gasteiger partial charge is 0.191 e. The molecule has 146 valence electrons. The first-order valence-corrected chi connectivity index (χ1v) is 10.0. The van der Waals surface area contributed by atoms with Gasteiger partial charge in [-0.25, -0.2) is 4.99 Å². The maximum atomic E-state index is 4.88. The molecule has 0 saturated carbocycles. The molecule has 3 rings (SSSR count). The van der Waals surface area contributed by atoms with E-state index in [0.29, 0.717) is 6.04 Å². The predicted octanol–water partition coefficient (Wildman–Crippen LogP) is 3.94. The predicted molar refractivity (Wildman–Crippen MR) is 121 cm³/mol. The fourth-order valence-corrected chi connectivity index (χ4v) is 4.47. The highest BCUT2D eigenvalue weighted by atomic mass is 127. The summed E-state index contributed by atoms with van der Waals surface area (Å²) in [6, 6.07) is 10.7. The van der Waals surface area contributed by atoms with Gasteiger partial charge in [0.05, 0.1) is 6.54 Å². The molecule has 26 heavy (non-hydrogen) atoms. The molecule has 2 atom stereocenters. The van der Waals surface area contributed by atoms with Crippen LogP contribution in [0.3, 0.4) is 0 Å². The molecule has 0 radical (unpaired) electrons. The van der Waals surface area contributed by atoms with Crippen molar-refractivity contribution in [2.24, 2.45) is 4.99 Å². The zero-order valence-corrected chi connectivity index (χ0v) is 18.8. The Balaban J connectivity index is 0.00000243. The molecule has 2 unspecified atom stereocenters. The maximum Gasteiger partial charge on any atom is 0.191 e. The molecule has 2 N–H and O–H groups in total. The number of hydrogen-bond acceptors (Lipinski definition) is 2. The van der Waals surface area contributed by atoms with Crippen molar-refractivity contribution in [2.45, 2.75) is 77.0 Å². The van der Waals surface area contributed by atoms with Gasteiger partial charge in [0.25, 0.3) is 0 Å². The lowest BCUT2D eigenvalue weighted by atomic mass is 9.82. The first-order valence-electron chi connectivity index (χ1n) is 10.0. The van der Waals surface area contributed by atoms with Crippen LogP contribution < -0.4 is 10.6 Å². The number of aryl methyl sites for hydroxylation is 1. The van der Waals surface area contributed by atoms with Gasteiger partial charge in [0, 0.05) is 24.7 Å². The molecule has 2 fully saturated rings. The first-order chi connectivity index (χ1) is 12.2. The van der Waals surface area contributed by atoms with Gasteiger partial charge in [-0.1, -0.05) is 37.6 Å². The Kier molecular flexibility index (Phi) is 8.67. The Morgan fingerprint density at radius 1 is 1.12 bits per heavy atom. The Morgan fingerprint density at radius 3 is 2.38 bits per heavy atom. The van der Waals surface area contributed by atoms with Gasteiger partial charge in [0.2, 0.25) is 0 Å². The number of guanidine groups is 1. The highest BCUT2D eigenvalue weighted by Gasteiger charge is 2.36. The monoisotopic (exact) mass is 470 g/mol. The molecule has 2 aliphatic rings. The number of benzene rings is 1. The van der Waals surface area contributed by atoms with E-state index in [-0.39, 0.29) is 24.0 Å². The number of nitrogens with one attached hydrogen (secondary N) is 2. The fourth-order valence-electron chi connectivity index (χ4n) is 4.47. The van der Waals surface area contributed by atoms with Crippen LogP contribution in [0.5, 0.6) is 0 Å². The summed E-state index contributed by atoms with van der Waals surface area (Å²) < 4.78 is 0. The van der Waals surface area contributed by atoms with Crippen LogP contribution in [0.2, 0.25) is 0 Å². The van der Waals surface area contributed by atoms with Crippen molar-refractivity contribution in [1.82, 2.24) is 15.5 Å². The van der Waals surface area contributed by atoms with Crippen molar-refractivity contribution in [3.63, 3.8) is 0 Å². The van der Waals surface area contributed by atoms with E-state index in [2.05, 4.69) is 60.7 Å². The second kappa shape index (κ2) is 10.5. The van der Waals surface area contributed by atoms with Crippen LogP contribution in [-0.2, 0) is 13.0 Å². The normalized spacial score (nSPS) is 26.1. The third kappa shape index (κ3) is 5.35. The average Bonchev–Trinajstić information content (AvgIpc) is 2.61. The summed E-state index contributed by atoms with van der Waals surface area (Å²) in [4.78, 5) is 7.49. The summed E-state index contributed by atoms with van der Waals surface area (Å²) in [5, 5.41) is 7.17. The number of fused-ring (bicyclic) bond motifs is 2. The van der Waals surface area contributed by atoms with Gasteiger partial charge in [-0.05, 0) is 57.2 Å². The Hall–Kier alpha value is -0.820. The van der Waals surface area contributed by atoms with Crippen molar-refractivity contribution in [3.8, 4) is 0 Å². The number of aliphatic imine (C=N–C) groups is 1. The van der Waals surface area contributed by atoms with Crippen LogP contribution in [0.25, 0.3) is 0 Å². The minimum atomic E-state index is 0. The van der Waals surface area contributed by atoms with E-state index in [1.165, 1.54) is 43.2 Å². The number of halogens is 1. The van der Waals surface area contributed by atoms with Gasteiger partial charge in [-0.2, -0.15) is 0 Å². The molecule has 1 aromatic carbocycles. The minimum absolute atomic E-state index is 0. The maximum absolute atomic E-state index is 4.88. The summed E-state index contributed by atoms with van der Waals surface area (Å²) in [7, 11) is 2.31. The molecule has 1 aromatic rings. The summed E-state index contributed by atoms with van der Waals surface area (Å²) in [6.45, 7) is 6.00. The minimum Gasteiger partial charge on any atom is -0.357 e. The second-order valence-corrected chi connectivity index (χ2v) is 7.53. The van der Waals surface area contributed by atoms with Crippen LogP contribution in [0.4, 0.5) is 0 Å². The first kappa shape index (κ1) is 21.5. The molecule has 0 aliphatic carbocycles. The molecule has 2 aliphatic heterocycles. The molecule has 2 heterocycles. The van der Waals surface area contributed by atoms with Crippen LogP contribution in [0.15, 0.2) is 29.3 Å². The van der Waals surface area contributed by atoms with Gasteiger partial charge < -0.3 is 15.5 Å². The zero-order chi connectivity index (χ0) is 17.6. The van der Waals surface area contributed by atoms with E-state index in [0.717, 1.165) is 37.6 Å². The molecule has 0 amide bonds. The lowest BCUT2D eigenvalue weighted by molar-refractivity contribution is 0.0526. The van der Waals surface area contributed by atoms with Gasteiger partial charge in [0.15, 0.2) is 5.96 Å². The summed E-state index contributed by atoms with van der Waals surface area (Å²) in [6.07, 6.45) is 7.64. The number of rotatable bonds is 5. The number of piperidine rings is 2. The highest BCUT2D eigenvalue weighted by Crippen LogP contribution is 2.32. The lowest BCUT2D eigenvalue weighted by Crippen LogP contribution is -2.56. The lowest BCUT2D eigenvalue weighted by Gasteiger charge is -2.47. The van der Waals surface area contributed by atoms with Gasteiger partial charge in [-0.15, -0.1) is 24.0 Å². The third-order valence-corrected chi connectivity index (χ3v) is 5.93. The molecular weight excluding hydrogens is 435 g/mol. The summed E-state index contributed by atoms with van der Waals surface area (Å²) in [5.74, 6) is 0.973. The van der Waals surface area contributed by atoms with Crippen molar-refractivity contribution in [2.75, 3.05) is 13.6 Å². The van der Waals surface area contributed by atoms with E-state index in [1.807, 2.05) is 0 Å². The second-order valence-electron chi connectivity index (χ2n) is 7.53. The molecular formula is C21H35IN4. The van der Waals surface area contributed by atoms with Crippen LogP contribution in [0, 0.1) is 0 Å². The molecule has 4 nitrogen and oxygen atoms in total. The van der Waals surface area contributed by atoms with E-state index in [1.54, 1.807) is 0 Å². The number of nitrogens with zero attached hydrogens (tertiary/aromatic N) is 2. The van der Waals surface area contributed by atoms with Crippen molar-refractivity contribution < 1.29 is 0 Å². The van der Waals surface area contributed by atoms with E-state index < -0.39 is 0 Å². The third-order valence-electron chi connectivity index (χ3n) is 5.93. The van der Waals surface area contributed by atoms with Gasteiger partial charge in [-0.3, -0.25) is 0 Å².